The maximum absolute atomic E-state index is 13.2. The van der Waals surface area contributed by atoms with E-state index in [0.29, 0.717) is 24.4 Å². The first-order chi connectivity index (χ1) is 33.2. The normalized spacial score (nSPS) is 21.1. The number of carbonyl (C=O) groups excluding carboxylic acids is 3. The van der Waals surface area contributed by atoms with Crippen molar-refractivity contribution in [2.75, 3.05) is 19.0 Å². The molecule has 8 atom stereocenters. The zero-order valence-corrected chi connectivity index (χ0v) is 45.3. The van der Waals surface area contributed by atoms with Gasteiger partial charge in [0.2, 0.25) is 0 Å². The molecule has 20 nitrogen and oxygen atoms in total. The summed E-state index contributed by atoms with van der Waals surface area (Å²) in [7, 11) is -16.6. The standard InChI is InChI=1S/C46H89O20P3S/c1-3-5-6-7-8-9-10-13-17-20-23-26-29-33-39(48)63-37(35-61-38(47)32-28-25-22-19-16-14-11-12-15-18-21-24-27-30-34-70-40(49)31-4-2)36-62-69(59,60)66-46-42(51)44(64-67(53,54)55)41(50)45(43(46)52)65-68(56,57)58/h37,41-46,50-52H,3-36H2,1-2H3,(H,59,60)(H2,53,54,55)(H2,56,57,58)/t37-,41?,42-,43?,44-,45+,46?/m1/s1. The summed E-state index contributed by atoms with van der Waals surface area (Å²) in [6.07, 6.45) is 14.6. The minimum Gasteiger partial charge on any atom is -0.462 e. The van der Waals surface area contributed by atoms with Gasteiger partial charge in [-0.05, 0) is 25.7 Å². The minimum absolute atomic E-state index is 0.00943. The van der Waals surface area contributed by atoms with Gasteiger partial charge >= 0.3 is 35.4 Å². The molecule has 0 bridgehead atoms. The Morgan fingerprint density at radius 3 is 1.20 bits per heavy atom. The lowest BCUT2D eigenvalue weighted by Crippen LogP contribution is -2.65. The number of phosphoric acid groups is 3. The third-order valence-corrected chi connectivity index (χ3v) is 15.0. The van der Waals surface area contributed by atoms with Crippen LogP contribution in [-0.2, 0) is 55.6 Å². The molecule has 1 rings (SSSR count). The highest BCUT2D eigenvalue weighted by Gasteiger charge is 2.56. The van der Waals surface area contributed by atoms with Crippen LogP contribution in [0.5, 0.6) is 0 Å². The number of hydrogen-bond acceptors (Lipinski definition) is 16. The number of aliphatic hydroxyl groups excluding tert-OH is 3. The van der Waals surface area contributed by atoms with E-state index in [2.05, 4.69) is 16.0 Å². The van der Waals surface area contributed by atoms with E-state index in [4.69, 9.17) is 18.5 Å². The molecule has 0 aromatic rings. The Labute approximate surface area is 420 Å². The topological polar surface area (TPSA) is 320 Å². The maximum Gasteiger partial charge on any atom is 0.472 e. The number of rotatable bonds is 45. The highest BCUT2D eigenvalue weighted by molar-refractivity contribution is 8.13. The molecule has 414 valence electrons. The Balaban J connectivity index is 2.64. The van der Waals surface area contributed by atoms with Crippen molar-refractivity contribution in [1.82, 2.24) is 0 Å². The lowest BCUT2D eigenvalue weighted by Gasteiger charge is -2.44. The smallest absolute Gasteiger partial charge is 0.462 e. The van der Waals surface area contributed by atoms with Crippen molar-refractivity contribution in [1.29, 1.82) is 0 Å². The van der Waals surface area contributed by atoms with Gasteiger partial charge in [-0.3, -0.25) is 32.5 Å². The first-order valence-electron chi connectivity index (χ1n) is 25.9. The molecule has 0 aliphatic heterocycles. The van der Waals surface area contributed by atoms with Gasteiger partial charge in [0.15, 0.2) is 11.2 Å². The molecule has 0 aromatic heterocycles. The summed E-state index contributed by atoms with van der Waals surface area (Å²) < 4.78 is 65.6. The molecule has 24 heteroatoms. The Morgan fingerprint density at radius 1 is 0.457 bits per heavy atom. The summed E-state index contributed by atoms with van der Waals surface area (Å²) in [4.78, 5) is 85.0. The summed E-state index contributed by atoms with van der Waals surface area (Å²) in [6, 6.07) is 0. The molecule has 1 fully saturated rings. The quantitative estimate of drug-likeness (QED) is 0.0160. The summed E-state index contributed by atoms with van der Waals surface area (Å²) in [5.41, 5.74) is 0. The predicted molar refractivity (Wildman–Crippen MR) is 265 cm³/mol. The molecular formula is C46H89O20P3S. The zero-order valence-electron chi connectivity index (χ0n) is 41.8. The molecule has 0 amide bonds. The van der Waals surface area contributed by atoms with Gasteiger partial charge in [0.25, 0.3) is 0 Å². The number of esters is 2. The van der Waals surface area contributed by atoms with Crippen LogP contribution < -0.4 is 0 Å². The van der Waals surface area contributed by atoms with Crippen molar-refractivity contribution in [3.8, 4) is 0 Å². The number of aliphatic hydroxyl groups is 3. The summed E-state index contributed by atoms with van der Waals surface area (Å²) >= 11 is 1.47. The van der Waals surface area contributed by atoms with E-state index in [-0.39, 0.29) is 12.8 Å². The van der Waals surface area contributed by atoms with Crippen LogP contribution in [0.25, 0.3) is 0 Å². The zero-order chi connectivity index (χ0) is 52.3. The van der Waals surface area contributed by atoms with Gasteiger partial charge in [-0.15, -0.1) is 0 Å². The highest BCUT2D eigenvalue weighted by Crippen LogP contribution is 2.51. The number of ether oxygens (including phenoxy) is 2. The number of thioether (sulfide) groups is 1. The molecule has 1 aliphatic carbocycles. The SMILES string of the molecule is CCCCCCCCCCCCCCCC(=O)O[C@H](COC(=O)CCCCCCCCCCCCCCCCSC(=O)CCC)COP(=O)(O)OC1C(O)[C@@H](OP(=O)(O)O)C(O)[C@@H](OP(=O)(O)O)[C@H]1O. The van der Waals surface area contributed by atoms with Crippen LogP contribution >= 0.6 is 35.2 Å². The summed E-state index contributed by atoms with van der Waals surface area (Å²) in [6.45, 7) is 2.71. The minimum atomic E-state index is -5.55. The Kier molecular flexibility index (Phi) is 38.0. The molecular weight excluding hydrogens is 997 g/mol. The van der Waals surface area contributed by atoms with E-state index in [1.165, 1.54) is 102 Å². The first-order valence-corrected chi connectivity index (χ1v) is 31.4. The van der Waals surface area contributed by atoms with Crippen molar-refractivity contribution in [3.05, 3.63) is 0 Å². The van der Waals surface area contributed by atoms with Crippen molar-refractivity contribution in [2.45, 2.75) is 256 Å². The van der Waals surface area contributed by atoms with E-state index >= 15 is 0 Å². The van der Waals surface area contributed by atoms with Crippen LogP contribution in [0.2, 0.25) is 0 Å². The van der Waals surface area contributed by atoms with Gasteiger partial charge in [0.1, 0.15) is 43.2 Å². The fraction of sp³-hybridized carbons (Fsp3) is 0.935. The van der Waals surface area contributed by atoms with Gasteiger partial charge in [-0.2, -0.15) is 0 Å². The van der Waals surface area contributed by atoms with Crippen LogP contribution in [0.4, 0.5) is 0 Å². The molecule has 1 saturated carbocycles. The Bertz CT molecular complexity index is 1500. The maximum atomic E-state index is 13.2. The monoisotopic (exact) mass is 1090 g/mol. The number of hydrogen-bond donors (Lipinski definition) is 8. The van der Waals surface area contributed by atoms with Crippen LogP contribution in [0, 0.1) is 0 Å². The first kappa shape index (κ1) is 67.2. The van der Waals surface area contributed by atoms with Gasteiger partial charge in [-0.1, -0.05) is 180 Å². The largest absolute Gasteiger partial charge is 0.472 e. The summed E-state index contributed by atoms with van der Waals surface area (Å²) in [5, 5.41) is 32.2. The second-order valence-corrected chi connectivity index (χ2v) is 23.3. The van der Waals surface area contributed by atoms with Crippen molar-refractivity contribution in [3.63, 3.8) is 0 Å². The Morgan fingerprint density at radius 2 is 0.814 bits per heavy atom. The fourth-order valence-corrected chi connectivity index (χ4v) is 11.1. The van der Waals surface area contributed by atoms with Gasteiger partial charge in [0, 0.05) is 25.0 Å². The second-order valence-electron chi connectivity index (χ2n) is 18.4. The molecule has 0 spiro atoms. The van der Waals surface area contributed by atoms with Crippen molar-refractivity contribution < 1.29 is 95.4 Å². The molecule has 70 heavy (non-hydrogen) atoms. The van der Waals surface area contributed by atoms with Crippen molar-refractivity contribution in [2.24, 2.45) is 0 Å². The van der Waals surface area contributed by atoms with Crippen LogP contribution in [0.3, 0.4) is 0 Å². The fourth-order valence-electron chi connectivity index (χ4n) is 8.08. The van der Waals surface area contributed by atoms with Crippen LogP contribution in [0.15, 0.2) is 0 Å². The number of unbranched alkanes of at least 4 members (excludes halogenated alkanes) is 25. The average molecular weight is 1090 g/mol. The molecule has 1 aliphatic rings. The van der Waals surface area contributed by atoms with Crippen LogP contribution in [-0.4, -0.2) is 119 Å². The van der Waals surface area contributed by atoms with Crippen LogP contribution in [0.1, 0.15) is 213 Å². The van der Waals surface area contributed by atoms with Gasteiger partial charge < -0.3 is 49.3 Å². The Hall–Kier alpha value is -0.830. The molecule has 0 radical (unpaired) electrons. The lowest BCUT2D eigenvalue weighted by atomic mass is 9.85. The van der Waals surface area contributed by atoms with E-state index in [0.717, 1.165) is 82.8 Å². The van der Waals surface area contributed by atoms with E-state index in [1.54, 1.807) is 0 Å². The molecule has 4 unspecified atom stereocenters. The molecule has 8 N–H and O–H groups in total. The lowest BCUT2D eigenvalue weighted by molar-refractivity contribution is -0.213. The van der Waals surface area contributed by atoms with Gasteiger partial charge in [0.05, 0.1) is 6.61 Å². The average Bonchev–Trinajstić information content (AvgIpc) is 3.28. The van der Waals surface area contributed by atoms with E-state index < -0.39 is 91.3 Å². The summed E-state index contributed by atoms with van der Waals surface area (Å²) in [5.74, 6) is -0.391. The molecule has 0 aromatic carbocycles. The van der Waals surface area contributed by atoms with Crippen molar-refractivity contribution >= 4 is 52.3 Å². The molecule has 0 heterocycles. The third-order valence-electron chi connectivity index (χ3n) is 11.9. The second kappa shape index (κ2) is 39.6. The predicted octanol–water partition coefficient (Wildman–Crippen LogP) is 9.39. The van der Waals surface area contributed by atoms with E-state index in [9.17, 15) is 67.9 Å². The number of phosphoric ester groups is 3. The molecule has 0 saturated heterocycles. The van der Waals surface area contributed by atoms with E-state index in [1.807, 2.05) is 6.92 Å². The third kappa shape index (κ3) is 35.4. The highest BCUT2D eigenvalue weighted by atomic mass is 32.2. The number of carbonyl (C=O) groups is 3. The van der Waals surface area contributed by atoms with Gasteiger partial charge in [-0.25, -0.2) is 13.7 Å².